The molecule has 0 radical (unpaired) electrons. The Balaban J connectivity index is 1.93. The van der Waals surface area contributed by atoms with E-state index >= 15 is 0 Å². The number of rotatable bonds is 7. The third kappa shape index (κ3) is 5.18. The summed E-state index contributed by atoms with van der Waals surface area (Å²) in [6.45, 7) is -0.283. The van der Waals surface area contributed by atoms with Gasteiger partial charge in [-0.25, -0.2) is 5.43 Å². The van der Waals surface area contributed by atoms with Crippen LogP contribution >= 0.6 is 15.9 Å². The predicted octanol–water partition coefficient (Wildman–Crippen LogP) is 2.60. The number of amides is 1. The SMILES string of the molecule is COc1ccc(OCC(=O)N/N=C/c2cc(Br)cc([N+](=O)[O-])c2O)cc1. The summed E-state index contributed by atoms with van der Waals surface area (Å²) in [4.78, 5) is 21.8. The van der Waals surface area contributed by atoms with Crippen molar-refractivity contribution in [3.05, 3.63) is 56.5 Å². The first-order valence-corrected chi connectivity index (χ1v) is 7.95. The highest BCUT2D eigenvalue weighted by Crippen LogP contribution is 2.32. The molecule has 136 valence electrons. The van der Waals surface area contributed by atoms with E-state index in [9.17, 15) is 20.0 Å². The van der Waals surface area contributed by atoms with Crippen LogP contribution in [0.25, 0.3) is 0 Å². The number of nitrogens with one attached hydrogen (secondary N) is 1. The number of phenols is 1. The first kappa shape index (κ1) is 19.2. The van der Waals surface area contributed by atoms with Gasteiger partial charge in [0.25, 0.3) is 5.91 Å². The molecule has 0 heterocycles. The number of hydrogen-bond donors (Lipinski definition) is 2. The van der Waals surface area contributed by atoms with Crippen LogP contribution in [0, 0.1) is 10.1 Å². The zero-order valence-corrected chi connectivity index (χ0v) is 15.1. The van der Waals surface area contributed by atoms with Crippen LogP contribution in [0.5, 0.6) is 17.2 Å². The maximum absolute atomic E-state index is 11.7. The van der Waals surface area contributed by atoms with Crippen LogP contribution in [0.1, 0.15) is 5.56 Å². The van der Waals surface area contributed by atoms with Gasteiger partial charge >= 0.3 is 5.69 Å². The van der Waals surface area contributed by atoms with Gasteiger partial charge in [-0.05, 0) is 30.3 Å². The Morgan fingerprint density at radius 3 is 2.62 bits per heavy atom. The molecule has 0 bridgehead atoms. The molecule has 0 aliphatic carbocycles. The summed E-state index contributed by atoms with van der Waals surface area (Å²) >= 11 is 3.10. The molecule has 0 saturated carbocycles. The second-order valence-corrected chi connectivity index (χ2v) is 5.79. The van der Waals surface area contributed by atoms with Crippen LogP contribution in [0.3, 0.4) is 0 Å². The van der Waals surface area contributed by atoms with Crippen LogP contribution in [-0.2, 0) is 4.79 Å². The van der Waals surface area contributed by atoms with Gasteiger partial charge in [0.15, 0.2) is 6.61 Å². The third-order valence-electron chi connectivity index (χ3n) is 3.10. The topological polar surface area (TPSA) is 123 Å². The lowest BCUT2D eigenvalue weighted by Gasteiger charge is -2.06. The first-order valence-electron chi connectivity index (χ1n) is 7.16. The van der Waals surface area contributed by atoms with E-state index in [0.29, 0.717) is 16.0 Å². The lowest BCUT2D eigenvalue weighted by atomic mass is 10.2. The molecule has 0 saturated heterocycles. The number of ether oxygens (including phenoxy) is 2. The van der Waals surface area contributed by atoms with Gasteiger partial charge < -0.3 is 14.6 Å². The van der Waals surface area contributed by atoms with Gasteiger partial charge in [-0.15, -0.1) is 0 Å². The number of halogens is 1. The van der Waals surface area contributed by atoms with E-state index in [1.165, 1.54) is 6.07 Å². The zero-order valence-electron chi connectivity index (χ0n) is 13.5. The van der Waals surface area contributed by atoms with Crippen molar-refractivity contribution in [2.45, 2.75) is 0 Å². The Morgan fingerprint density at radius 2 is 2.00 bits per heavy atom. The number of hydrazone groups is 1. The molecule has 0 aliphatic heterocycles. The van der Waals surface area contributed by atoms with Gasteiger partial charge in [-0.1, -0.05) is 15.9 Å². The number of nitrogens with zero attached hydrogens (tertiary/aromatic N) is 2. The standard InChI is InChI=1S/C16H14BrN3O6/c1-25-12-2-4-13(5-3-12)26-9-15(21)19-18-8-10-6-11(17)7-14(16(10)22)20(23)24/h2-8,22H,9H2,1H3,(H,19,21)/b18-8+. The largest absolute Gasteiger partial charge is 0.502 e. The number of benzene rings is 2. The van der Waals surface area contributed by atoms with E-state index < -0.39 is 22.3 Å². The minimum absolute atomic E-state index is 0.0717. The van der Waals surface area contributed by atoms with Crippen LogP contribution in [0.4, 0.5) is 5.69 Å². The fourth-order valence-electron chi connectivity index (χ4n) is 1.87. The monoisotopic (exact) mass is 423 g/mol. The number of aromatic hydroxyl groups is 1. The number of carbonyl (C=O) groups excluding carboxylic acids is 1. The Kier molecular flexibility index (Phi) is 6.50. The van der Waals surface area contributed by atoms with Gasteiger partial charge in [0, 0.05) is 16.1 Å². The van der Waals surface area contributed by atoms with Crippen LogP contribution in [0.2, 0.25) is 0 Å². The van der Waals surface area contributed by atoms with Crippen molar-refractivity contribution in [1.29, 1.82) is 0 Å². The lowest BCUT2D eigenvalue weighted by Crippen LogP contribution is -2.24. The summed E-state index contributed by atoms with van der Waals surface area (Å²) in [6.07, 6.45) is 1.10. The molecule has 2 rings (SSSR count). The van der Waals surface area contributed by atoms with Crippen LogP contribution in [0.15, 0.2) is 46.0 Å². The lowest BCUT2D eigenvalue weighted by molar-refractivity contribution is -0.385. The zero-order chi connectivity index (χ0) is 19.1. The number of methoxy groups -OCH3 is 1. The Labute approximate surface area is 156 Å². The molecule has 0 unspecified atom stereocenters. The number of carbonyl (C=O) groups is 1. The molecule has 2 N–H and O–H groups in total. The van der Waals surface area contributed by atoms with Gasteiger partial charge in [0.05, 0.1) is 18.2 Å². The summed E-state index contributed by atoms with van der Waals surface area (Å²) in [5.74, 6) is 0.0475. The molecule has 26 heavy (non-hydrogen) atoms. The maximum atomic E-state index is 11.7. The summed E-state index contributed by atoms with van der Waals surface area (Å²) in [7, 11) is 1.54. The molecule has 0 spiro atoms. The third-order valence-corrected chi connectivity index (χ3v) is 3.56. The maximum Gasteiger partial charge on any atom is 0.312 e. The molecule has 0 atom stereocenters. The molecule has 2 aromatic rings. The molecule has 0 aliphatic rings. The molecule has 2 aromatic carbocycles. The highest BCUT2D eigenvalue weighted by atomic mass is 79.9. The van der Waals surface area contributed by atoms with E-state index in [0.717, 1.165) is 12.3 Å². The minimum Gasteiger partial charge on any atom is -0.502 e. The van der Waals surface area contributed by atoms with E-state index in [1.54, 1.807) is 31.4 Å². The summed E-state index contributed by atoms with van der Waals surface area (Å²) in [5, 5.41) is 24.4. The minimum atomic E-state index is -0.724. The number of phenolic OH excluding ortho intramolecular Hbond substituents is 1. The predicted molar refractivity (Wildman–Crippen MR) is 96.7 cm³/mol. The highest BCUT2D eigenvalue weighted by molar-refractivity contribution is 9.10. The van der Waals surface area contributed by atoms with Gasteiger partial charge in [0.2, 0.25) is 5.75 Å². The van der Waals surface area contributed by atoms with Gasteiger partial charge in [-0.2, -0.15) is 5.10 Å². The summed E-state index contributed by atoms with van der Waals surface area (Å²) < 4.78 is 10.7. The molecule has 0 fully saturated rings. The normalized spacial score (nSPS) is 10.5. The Hall–Kier alpha value is -3.14. The van der Waals surface area contributed by atoms with Crippen molar-refractivity contribution >= 4 is 33.7 Å². The highest BCUT2D eigenvalue weighted by Gasteiger charge is 2.17. The summed E-state index contributed by atoms with van der Waals surface area (Å²) in [5.41, 5.74) is 1.80. The molecular formula is C16H14BrN3O6. The Bertz CT molecular complexity index is 839. The van der Waals surface area contributed by atoms with Gasteiger partial charge in [0.1, 0.15) is 11.5 Å². The molecule has 0 aromatic heterocycles. The molecule has 9 nitrogen and oxygen atoms in total. The van der Waals surface area contributed by atoms with Crippen molar-refractivity contribution < 1.29 is 24.3 Å². The Morgan fingerprint density at radius 1 is 1.35 bits per heavy atom. The molecule has 1 amide bonds. The average Bonchev–Trinajstić information content (AvgIpc) is 2.62. The molecular weight excluding hydrogens is 410 g/mol. The van der Waals surface area contributed by atoms with Crippen molar-refractivity contribution in [2.24, 2.45) is 5.10 Å². The van der Waals surface area contributed by atoms with Crippen LogP contribution < -0.4 is 14.9 Å². The van der Waals surface area contributed by atoms with Crippen molar-refractivity contribution in [2.75, 3.05) is 13.7 Å². The fourth-order valence-corrected chi connectivity index (χ4v) is 2.33. The second-order valence-electron chi connectivity index (χ2n) is 4.88. The van der Waals surface area contributed by atoms with Crippen molar-refractivity contribution in [1.82, 2.24) is 5.43 Å². The average molecular weight is 424 g/mol. The van der Waals surface area contributed by atoms with Crippen LogP contribution in [-0.4, -0.2) is 35.9 Å². The van der Waals surface area contributed by atoms with Crippen molar-refractivity contribution in [3.8, 4) is 17.2 Å². The van der Waals surface area contributed by atoms with Crippen molar-refractivity contribution in [3.63, 3.8) is 0 Å². The molecule has 10 heteroatoms. The smallest absolute Gasteiger partial charge is 0.312 e. The fraction of sp³-hybridized carbons (Fsp3) is 0.125. The number of nitro groups is 1. The van der Waals surface area contributed by atoms with E-state index in [4.69, 9.17) is 9.47 Å². The van der Waals surface area contributed by atoms with E-state index in [1.807, 2.05) is 0 Å². The first-order chi connectivity index (χ1) is 12.4. The number of nitro benzene ring substituents is 1. The quantitative estimate of drug-likeness (QED) is 0.400. The van der Waals surface area contributed by atoms with Gasteiger partial charge in [-0.3, -0.25) is 14.9 Å². The number of hydrogen-bond acceptors (Lipinski definition) is 7. The summed E-state index contributed by atoms with van der Waals surface area (Å²) in [6, 6.07) is 9.25. The van der Waals surface area contributed by atoms with E-state index in [-0.39, 0.29) is 12.2 Å². The second kappa shape index (κ2) is 8.81. The van der Waals surface area contributed by atoms with E-state index in [2.05, 4.69) is 26.5 Å².